The van der Waals surface area contributed by atoms with Gasteiger partial charge in [-0.2, -0.15) is 9.65 Å². The van der Waals surface area contributed by atoms with Crippen molar-refractivity contribution in [3.8, 4) is 6.07 Å². The van der Waals surface area contributed by atoms with Gasteiger partial charge in [-0.3, -0.25) is 0 Å². The lowest BCUT2D eigenvalue weighted by Crippen LogP contribution is -2.04. The zero-order valence-electron chi connectivity index (χ0n) is 6.97. The maximum absolute atomic E-state index is 12.9. The van der Waals surface area contributed by atoms with Crippen LogP contribution in [-0.4, -0.2) is 4.98 Å². The third kappa shape index (κ3) is 1.93. The molecule has 0 aliphatic carbocycles. The standard InChI is InChI=1S/C8H6F3N3/c9-7(10)6-4(1-2-12)3-5(13)14-8(6)11/h3,7H,1H2,(H2,13,14). The fourth-order valence-corrected chi connectivity index (χ4v) is 1.06. The number of halogens is 3. The molecule has 0 aliphatic heterocycles. The van der Waals surface area contributed by atoms with Crippen LogP contribution < -0.4 is 5.73 Å². The smallest absolute Gasteiger partial charge is 0.268 e. The van der Waals surface area contributed by atoms with Crippen molar-refractivity contribution in [3.63, 3.8) is 0 Å². The minimum absolute atomic E-state index is 0.118. The summed E-state index contributed by atoms with van der Waals surface area (Å²) in [6.07, 6.45) is -3.31. The summed E-state index contributed by atoms with van der Waals surface area (Å²) in [7, 11) is 0. The molecular weight excluding hydrogens is 195 g/mol. The predicted molar refractivity (Wildman–Crippen MR) is 42.9 cm³/mol. The average molecular weight is 201 g/mol. The average Bonchev–Trinajstić information content (AvgIpc) is 2.01. The lowest BCUT2D eigenvalue weighted by Gasteiger charge is -2.07. The van der Waals surface area contributed by atoms with Gasteiger partial charge in [-0.1, -0.05) is 0 Å². The van der Waals surface area contributed by atoms with Crippen molar-refractivity contribution in [2.24, 2.45) is 0 Å². The van der Waals surface area contributed by atoms with Crippen LogP contribution in [0.3, 0.4) is 0 Å². The van der Waals surface area contributed by atoms with E-state index in [1.807, 2.05) is 0 Å². The molecule has 0 fully saturated rings. The number of anilines is 1. The number of nitriles is 1. The van der Waals surface area contributed by atoms with E-state index < -0.39 is 17.9 Å². The molecule has 0 spiro atoms. The van der Waals surface area contributed by atoms with Gasteiger partial charge in [0.2, 0.25) is 5.95 Å². The fourth-order valence-electron chi connectivity index (χ4n) is 1.06. The Bertz CT molecular complexity index is 384. The number of alkyl halides is 2. The van der Waals surface area contributed by atoms with E-state index in [4.69, 9.17) is 11.0 Å². The molecule has 0 saturated carbocycles. The summed E-state index contributed by atoms with van der Waals surface area (Å²) in [5.74, 6) is -1.53. The molecule has 6 heteroatoms. The molecule has 0 saturated heterocycles. The largest absolute Gasteiger partial charge is 0.384 e. The van der Waals surface area contributed by atoms with Gasteiger partial charge in [-0.05, 0) is 11.6 Å². The highest BCUT2D eigenvalue weighted by atomic mass is 19.3. The molecule has 0 aromatic carbocycles. The highest BCUT2D eigenvalue weighted by molar-refractivity contribution is 5.39. The summed E-state index contributed by atoms with van der Waals surface area (Å²) >= 11 is 0. The van der Waals surface area contributed by atoms with Crippen molar-refractivity contribution in [1.29, 1.82) is 5.26 Å². The van der Waals surface area contributed by atoms with Gasteiger partial charge >= 0.3 is 0 Å². The Balaban J connectivity index is 3.30. The Morgan fingerprint density at radius 1 is 1.57 bits per heavy atom. The number of nitrogen functional groups attached to an aromatic ring is 1. The Morgan fingerprint density at radius 2 is 2.21 bits per heavy atom. The Kier molecular flexibility index (Phi) is 2.92. The lowest BCUT2D eigenvalue weighted by atomic mass is 10.1. The number of nitrogens with zero attached hydrogens (tertiary/aromatic N) is 2. The Morgan fingerprint density at radius 3 is 2.71 bits per heavy atom. The van der Waals surface area contributed by atoms with Gasteiger partial charge < -0.3 is 5.73 Å². The molecule has 0 radical (unpaired) electrons. The lowest BCUT2D eigenvalue weighted by molar-refractivity contribution is 0.144. The predicted octanol–water partition coefficient (Wildman–Crippen LogP) is 1.81. The van der Waals surface area contributed by atoms with Gasteiger partial charge in [0, 0.05) is 0 Å². The number of rotatable bonds is 2. The summed E-state index contributed by atoms with van der Waals surface area (Å²) < 4.78 is 37.5. The van der Waals surface area contributed by atoms with Gasteiger partial charge in [-0.25, -0.2) is 13.8 Å². The van der Waals surface area contributed by atoms with Crippen LogP contribution in [0.25, 0.3) is 0 Å². The van der Waals surface area contributed by atoms with Crippen molar-refractivity contribution >= 4 is 5.82 Å². The van der Waals surface area contributed by atoms with E-state index in [2.05, 4.69) is 4.98 Å². The highest BCUT2D eigenvalue weighted by Gasteiger charge is 2.20. The van der Waals surface area contributed by atoms with Crippen molar-refractivity contribution in [3.05, 3.63) is 23.1 Å². The zero-order chi connectivity index (χ0) is 10.7. The molecule has 0 amide bonds. The van der Waals surface area contributed by atoms with Crippen LogP contribution in [-0.2, 0) is 6.42 Å². The van der Waals surface area contributed by atoms with Gasteiger partial charge in [-0.15, -0.1) is 0 Å². The fraction of sp³-hybridized carbons (Fsp3) is 0.250. The minimum Gasteiger partial charge on any atom is -0.384 e. The molecule has 1 rings (SSSR count). The molecule has 1 heterocycles. The molecule has 0 unspecified atom stereocenters. The van der Waals surface area contributed by atoms with Crippen LogP contribution >= 0.6 is 0 Å². The first-order valence-electron chi connectivity index (χ1n) is 3.66. The van der Waals surface area contributed by atoms with E-state index in [1.165, 1.54) is 0 Å². The van der Waals surface area contributed by atoms with E-state index in [-0.39, 0.29) is 17.8 Å². The van der Waals surface area contributed by atoms with Gasteiger partial charge in [0.15, 0.2) is 0 Å². The number of aromatic nitrogens is 1. The first-order chi connectivity index (χ1) is 6.56. The van der Waals surface area contributed by atoms with Gasteiger partial charge in [0.1, 0.15) is 5.82 Å². The van der Waals surface area contributed by atoms with Crippen molar-refractivity contribution in [2.45, 2.75) is 12.8 Å². The number of hydrogen-bond acceptors (Lipinski definition) is 3. The van der Waals surface area contributed by atoms with E-state index in [1.54, 1.807) is 6.07 Å². The van der Waals surface area contributed by atoms with Gasteiger partial charge in [0.25, 0.3) is 6.43 Å². The second-order valence-corrected chi connectivity index (χ2v) is 2.55. The first-order valence-corrected chi connectivity index (χ1v) is 3.66. The second-order valence-electron chi connectivity index (χ2n) is 2.55. The van der Waals surface area contributed by atoms with Crippen molar-refractivity contribution < 1.29 is 13.2 Å². The van der Waals surface area contributed by atoms with E-state index in [0.29, 0.717) is 0 Å². The third-order valence-electron chi connectivity index (χ3n) is 1.61. The maximum Gasteiger partial charge on any atom is 0.268 e. The molecule has 14 heavy (non-hydrogen) atoms. The van der Waals surface area contributed by atoms with Crippen LogP contribution in [0.2, 0.25) is 0 Å². The molecule has 0 bridgehead atoms. The van der Waals surface area contributed by atoms with E-state index in [0.717, 1.165) is 6.07 Å². The molecule has 0 aliphatic rings. The Hall–Kier alpha value is -1.77. The monoisotopic (exact) mass is 201 g/mol. The van der Waals surface area contributed by atoms with Crippen LogP contribution in [0.4, 0.5) is 19.0 Å². The van der Waals surface area contributed by atoms with Crippen molar-refractivity contribution in [1.82, 2.24) is 4.98 Å². The van der Waals surface area contributed by atoms with E-state index in [9.17, 15) is 13.2 Å². The summed E-state index contributed by atoms with van der Waals surface area (Å²) in [6.45, 7) is 0. The molecule has 74 valence electrons. The number of nitrogens with two attached hydrogens (primary N) is 1. The summed E-state index contributed by atoms with van der Waals surface area (Å²) in [5, 5.41) is 8.33. The van der Waals surface area contributed by atoms with Crippen LogP contribution in [0.5, 0.6) is 0 Å². The van der Waals surface area contributed by atoms with Crippen LogP contribution in [0.1, 0.15) is 17.6 Å². The molecule has 1 aromatic rings. The zero-order valence-corrected chi connectivity index (χ0v) is 6.97. The summed E-state index contributed by atoms with van der Waals surface area (Å²) in [6, 6.07) is 2.73. The summed E-state index contributed by atoms with van der Waals surface area (Å²) in [5.41, 5.74) is 4.19. The maximum atomic E-state index is 12.9. The summed E-state index contributed by atoms with van der Waals surface area (Å²) in [4.78, 5) is 3.06. The highest BCUT2D eigenvalue weighted by Crippen LogP contribution is 2.26. The van der Waals surface area contributed by atoms with E-state index >= 15 is 0 Å². The van der Waals surface area contributed by atoms with Crippen LogP contribution in [0, 0.1) is 17.3 Å². The van der Waals surface area contributed by atoms with Crippen LogP contribution in [0.15, 0.2) is 6.07 Å². The third-order valence-corrected chi connectivity index (χ3v) is 1.61. The molecule has 0 atom stereocenters. The van der Waals surface area contributed by atoms with Crippen molar-refractivity contribution in [2.75, 3.05) is 5.73 Å². The minimum atomic E-state index is -2.99. The topological polar surface area (TPSA) is 62.7 Å². The molecule has 3 nitrogen and oxygen atoms in total. The van der Waals surface area contributed by atoms with Gasteiger partial charge in [0.05, 0.1) is 18.1 Å². The second kappa shape index (κ2) is 3.96. The normalized spacial score (nSPS) is 10.2. The quantitative estimate of drug-likeness (QED) is 0.742. The number of hydrogen-bond donors (Lipinski definition) is 1. The molecule has 2 N–H and O–H groups in total. The first kappa shape index (κ1) is 10.3. The Labute approximate surface area is 78.0 Å². The molecular formula is C8H6F3N3. The SMILES string of the molecule is N#CCc1cc(N)nc(F)c1C(F)F. The number of pyridine rings is 1. The molecule has 1 aromatic heterocycles.